The van der Waals surface area contributed by atoms with Gasteiger partial charge in [-0.3, -0.25) is 10.4 Å². The smallest absolute Gasteiger partial charge is 0.166 e. The second-order valence-electron chi connectivity index (χ2n) is 7.74. The maximum Gasteiger partial charge on any atom is 0.166 e. The highest BCUT2D eigenvalue weighted by molar-refractivity contribution is 8.26. The molecule has 2 fully saturated rings. The Kier molecular flexibility index (Phi) is 6.30. The Morgan fingerprint density at radius 3 is 2.90 bits per heavy atom. The number of anilines is 1. The molecule has 2 aromatic rings. The number of nitrogens with zero attached hydrogens (tertiary/aromatic N) is 4. The van der Waals surface area contributed by atoms with Crippen molar-refractivity contribution >= 4 is 44.5 Å². The summed E-state index contributed by atoms with van der Waals surface area (Å²) < 4.78 is 5.37. The van der Waals surface area contributed by atoms with E-state index in [-0.39, 0.29) is 0 Å². The van der Waals surface area contributed by atoms with Crippen LogP contribution >= 0.6 is 11.8 Å². The van der Waals surface area contributed by atoms with Crippen LogP contribution in [0.3, 0.4) is 0 Å². The molecule has 1 aliphatic carbocycles. The van der Waals surface area contributed by atoms with E-state index in [9.17, 15) is 0 Å². The van der Waals surface area contributed by atoms with Gasteiger partial charge >= 0.3 is 0 Å². The third-order valence-electron chi connectivity index (χ3n) is 5.74. The van der Waals surface area contributed by atoms with Crippen LogP contribution in [0.25, 0.3) is 11.0 Å². The molecule has 4 rings (SSSR count). The highest BCUT2D eigenvalue weighted by Gasteiger charge is 2.25. The van der Waals surface area contributed by atoms with Gasteiger partial charge in [-0.05, 0) is 55.6 Å². The topological polar surface area (TPSA) is 100 Å². The fourth-order valence-electron chi connectivity index (χ4n) is 4.27. The fourth-order valence-corrected chi connectivity index (χ4v) is 5.03. The molecule has 1 saturated heterocycles. The number of aliphatic imine (C=N–C) groups is 1. The molecule has 0 unspecified atom stereocenters. The van der Waals surface area contributed by atoms with Gasteiger partial charge in [0.05, 0.1) is 40.6 Å². The first-order valence-electron chi connectivity index (χ1n) is 10.3. The van der Waals surface area contributed by atoms with Crippen LogP contribution in [0.4, 0.5) is 11.5 Å². The number of hydrogen-bond acceptors (Lipinski definition) is 7. The summed E-state index contributed by atoms with van der Waals surface area (Å²) in [5, 5.41) is 9.24. The molecule has 29 heavy (non-hydrogen) atoms. The Labute approximate surface area is 175 Å². The van der Waals surface area contributed by atoms with E-state index in [1.807, 2.05) is 18.3 Å². The molecule has 1 atom stereocenters. The quantitative estimate of drug-likeness (QED) is 0.567. The van der Waals surface area contributed by atoms with Crippen molar-refractivity contribution in [2.75, 3.05) is 25.2 Å². The summed E-state index contributed by atoms with van der Waals surface area (Å²) in [6.45, 7) is 1.72. The summed E-state index contributed by atoms with van der Waals surface area (Å²) in [5.41, 5.74) is 8.79. The highest BCUT2D eigenvalue weighted by Crippen LogP contribution is 2.30. The number of ether oxygens (including phenoxy) is 1. The fraction of sp³-hybridized carbons (Fsp3) is 0.524. The molecule has 2 aromatic heterocycles. The Morgan fingerprint density at radius 2 is 2.10 bits per heavy atom. The number of thioether (sulfide) groups is 1. The van der Waals surface area contributed by atoms with Crippen molar-refractivity contribution in [3.8, 4) is 0 Å². The van der Waals surface area contributed by atoms with Gasteiger partial charge in [0.15, 0.2) is 11.0 Å². The Morgan fingerprint density at radius 1 is 1.28 bits per heavy atom. The normalized spacial score (nSPS) is 20.7. The van der Waals surface area contributed by atoms with Gasteiger partial charge in [-0.2, -0.15) is 0 Å². The van der Waals surface area contributed by atoms with Crippen LogP contribution in [0.2, 0.25) is 0 Å². The van der Waals surface area contributed by atoms with Crippen LogP contribution in [0.1, 0.15) is 38.5 Å². The van der Waals surface area contributed by atoms with Gasteiger partial charge in [-0.1, -0.05) is 12.8 Å². The van der Waals surface area contributed by atoms with Crippen LogP contribution in [0.5, 0.6) is 0 Å². The number of rotatable bonds is 5. The second kappa shape index (κ2) is 9.09. The highest BCUT2D eigenvalue weighted by atomic mass is 32.2. The van der Waals surface area contributed by atoms with Crippen LogP contribution in [-0.2, 0) is 4.74 Å². The maximum atomic E-state index is 8.25. The molecule has 7 nitrogen and oxygen atoms in total. The average Bonchev–Trinajstić information content (AvgIpc) is 3.40. The number of aromatic nitrogens is 2. The van der Waals surface area contributed by atoms with E-state index in [4.69, 9.17) is 15.9 Å². The predicted octanol–water partition coefficient (Wildman–Crippen LogP) is 4.09. The molecule has 0 aromatic carbocycles. The molecular formula is C21H28N6OS. The number of fused-ring (bicyclic) bond motifs is 1. The van der Waals surface area contributed by atoms with E-state index in [0.717, 1.165) is 55.6 Å². The van der Waals surface area contributed by atoms with E-state index < -0.39 is 0 Å². The second-order valence-corrected chi connectivity index (χ2v) is 8.81. The summed E-state index contributed by atoms with van der Waals surface area (Å²) in [6.07, 6.45) is 8.77. The molecule has 0 bridgehead atoms. The summed E-state index contributed by atoms with van der Waals surface area (Å²) in [7, 11) is 1.75. The minimum absolute atomic E-state index is 0.338. The van der Waals surface area contributed by atoms with Crippen LogP contribution in [0, 0.1) is 11.3 Å². The zero-order chi connectivity index (χ0) is 20.2. The number of nitrogens with one attached hydrogen (secondary N) is 1. The zero-order valence-electron chi connectivity index (χ0n) is 16.8. The number of pyridine rings is 2. The first-order chi connectivity index (χ1) is 14.1. The first kappa shape index (κ1) is 20.1. The van der Waals surface area contributed by atoms with E-state index >= 15 is 0 Å². The van der Waals surface area contributed by atoms with Crippen molar-refractivity contribution in [3.63, 3.8) is 0 Å². The van der Waals surface area contributed by atoms with E-state index in [1.54, 1.807) is 7.11 Å². The Hall–Kier alpha value is -2.19. The van der Waals surface area contributed by atoms with E-state index in [1.165, 1.54) is 24.6 Å². The van der Waals surface area contributed by atoms with Gasteiger partial charge in [-0.15, -0.1) is 0 Å². The lowest BCUT2D eigenvalue weighted by molar-refractivity contribution is 0.181. The van der Waals surface area contributed by atoms with Crippen molar-refractivity contribution in [3.05, 3.63) is 24.4 Å². The lowest BCUT2D eigenvalue weighted by Crippen LogP contribution is -2.32. The van der Waals surface area contributed by atoms with Gasteiger partial charge < -0.3 is 15.4 Å². The van der Waals surface area contributed by atoms with Gasteiger partial charge in [0, 0.05) is 19.6 Å². The molecule has 154 valence electrons. The molecule has 0 amide bonds. The molecule has 8 heteroatoms. The van der Waals surface area contributed by atoms with Crippen LogP contribution < -0.4 is 10.6 Å². The summed E-state index contributed by atoms with van der Waals surface area (Å²) in [6, 6.07) is 6.20. The van der Waals surface area contributed by atoms with Gasteiger partial charge in [0.1, 0.15) is 0 Å². The van der Waals surface area contributed by atoms with Crippen molar-refractivity contribution in [2.24, 2.45) is 16.6 Å². The number of methoxy groups -OCH3 is 1. The molecule has 0 spiro atoms. The van der Waals surface area contributed by atoms with Crippen molar-refractivity contribution in [2.45, 2.75) is 44.6 Å². The number of nitrogens with two attached hydrogens (primary N) is 1. The molecule has 3 N–H and O–H groups in total. The molecular weight excluding hydrogens is 384 g/mol. The SMILES string of the molecule is COC[C@H]1CCCN1c1cnc2ccc(N=C(N)SC(=N)C3CCCC3)nc2c1. The molecule has 1 saturated carbocycles. The van der Waals surface area contributed by atoms with E-state index in [2.05, 4.69) is 25.9 Å². The maximum absolute atomic E-state index is 8.25. The van der Waals surface area contributed by atoms with Gasteiger partial charge in [0.25, 0.3) is 0 Å². The number of hydrogen-bond donors (Lipinski definition) is 2. The summed E-state index contributed by atoms with van der Waals surface area (Å²) in [5.74, 6) is 0.890. The molecule has 2 aliphatic rings. The van der Waals surface area contributed by atoms with Crippen molar-refractivity contribution in [1.29, 1.82) is 5.41 Å². The molecule has 3 heterocycles. The van der Waals surface area contributed by atoms with Gasteiger partial charge in [0.2, 0.25) is 0 Å². The minimum atomic E-state index is 0.338. The Balaban J connectivity index is 1.52. The van der Waals surface area contributed by atoms with Crippen LogP contribution in [-0.4, -0.2) is 46.5 Å². The van der Waals surface area contributed by atoms with Crippen molar-refractivity contribution in [1.82, 2.24) is 9.97 Å². The number of amidine groups is 1. The predicted molar refractivity (Wildman–Crippen MR) is 120 cm³/mol. The molecule has 1 aliphatic heterocycles. The van der Waals surface area contributed by atoms with E-state index in [0.29, 0.717) is 28.0 Å². The lowest BCUT2D eigenvalue weighted by atomic mass is 10.1. The summed E-state index contributed by atoms with van der Waals surface area (Å²) >= 11 is 1.26. The molecule has 0 radical (unpaired) electrons. The van der Waals surface area contributed by atoms with Gasteiger partial charge in [-0.25, -0.2) is 9.98 Å². The van der Waals surface area contributed by atoms with Crippen molar-refractivity contribution < 1.29 is 4.74 Å². The van der Waals surface area contributed by atoms with Crippen LogP contribution in [0.15, 0.2) is 29.4 Å². The average molecular weight is 413 g/mol. The largest absolute Gasteiger partial charge is 0.383 e. The first-order valence-corrected chi connectivity index (χ1v) is 11.1. The zero-order valence-corrected chi connectivity index (χ0v) is 17.6. The standard InChI is InChI=1S/C21H28N6OS/c1-28-13-15-7-4-10-27(15)16-11-18-17(24-12-16)8-9-19(25-18)26-21(23)29-20(22)14-5-2-3-6-14/h8-9,11-12,14-15,22H,2-7,10,13H2,1H3,(H2,23,25,26)/t15-/m1/s1. The third-order valence-corrected chi connectivity index (χ3v) is 6.59. The lowest BCUT2D eigenvalue weighted by Gasteiger charge is -2.26. The third kappa shape index (κ3) is 4.70. The minimum Gasteiger partial charge on any atom is -0.383 e. The summed E-state index contributed by atoms with van der Waals surface area (Å²) in [4.78, 5) is 16.0. The monoisotopic (exact) mass is 412 g/mol. The Bertz CT molecular complexity index is 911.